The van der Waals surface area contributed by atoms with Gasteiger partial charge in [0.15, 0.2) is 0 Å². The second-order valence-electron chi connectivity index (χ2n) is 7.04. The van der Waals surface area contributed by atoms with Crippen molar-refractivity contribution >= 4 is 26.4 Å². The Kier molecular flexibility index (Phi) is 14.4. The summed E-state index contributed by atoms with van der Waals surface area (Å²) in [5, 5.41) is 21.8. The lowest BCUT2D eigenvalue weighted by Gasteiger charge is -2.21. The number of nitrogens with one attached hydrogen (secondary N) is 2. The first-order valence-corrected chi connectivity index (χ1v) is 10.2. The summed E-state index contributed by atoms with van der Waals surface area (Å²) in [6.07, 6.45) is 1.44. The standard InChI is InChI=1S/C11H22N3O4P.C5H14NO/c1-6(9(15)14-7(2)11(17)18)13-10(16)8(12)4-5-19-3;1-6(2,3)4-5-7/h6-8,19H,4-5,12H2,1-3H3,(H,13,16)(H,14,15)(H,17,18);7H,4-5H2,1-3H3/q;+1. The zero-order valence-corrected chi connectivity index (χ0v) is 17.7. The van der Waals surface area contributed by atoms with E-state index < -0.39 is 35.9 Å². The number of carboxylic acid groups (broad SMARTS) is 1. The second-order valence-corrected chi connectivity index (χ2v) is 8.24. The van der Waals surface area contributed by atoms with Crippen LogP contribution in [0, 0.1) is 0 Å². The van der Waals surface area contributed by atoms with Gasteiger partial charge >= 0.3 is 5.97 Å². The van der Waals surface area contributed by atoms with E-state index in [2.05, 4.69) is 31.8 Å². The zero-order valence-electron chi connectivity index (χ0n) is 16.7. The number of hydrogen-bond donors (Lipinski definition) is 5. The number of carbonyl (C=O) groups is 3. The van der Waals surface area contributed by atoms with Gasteiger partial charge in [-0.05, 0) is 33.1 Å². The Morgan fingerprint density at radius 1 is 1.08 bits per heavy atom. The molecular weight excluding hydrogens is 359 g/mol. The van der Waals surface area contributed by atoms with Crippen LogP contribution in [0.25, 0.3) is 0 Å². The van der Waals surface area contributed by atoms with Crippen LogP contribution in [-0.2, 0) is 14.4 Å². The molecule has 0 rings (SSSR count). The molecule has 4 atom stereocenters. The highest BCUT2D eigenvalue weighted by Gasteiger charge is 2.22. The molecule has 0 fully saturated rings. The monoisotopic (exact) mass is 395 g/mol. The zero-order chi connectivity index (χ0) is 20.9. The molecule has 0 spiro atoms. The van der Waals surface area contributed by atoms with Crippen LogP contribution in [-0.4, -0.2) is 97.7 Å². The number of rotatable bonds is 10. The largest absolute Gasteiger partial charge is 0.480 e. The lowest BCUT2D eigenvalue weighted by atomic mass is 10.2. The van der Waals surface area contributed by atoms with E-state index in [1.54, 1.807) is 0 Å². The van der Waals surface area contributed by atoms with Crippen LogP contribution < -0.4 is 16.4 Å². The number of aliphatic hydroxyl groups excluding tert-OH is 1. The molecule has 0 aliphatic rings. The maximum atomic E-state index is 11.7. The Balaban J connectivity index is 0. The number of carbonyl (C=O) groups excluding carboxylic acids is 2. The molecule has 9 nitrogen and oxygen atoms in total. The summed E-state index contributed by atoms with van der Waals surface area (Å²) in [7, 11) is 6.88. The highest BCUT2D eigenvalue weighted by Crippen LogP contribution is 2.05. The summed E-state index contributed by atoms with van der Waals surface area (Å²) in [4.78, 5) is 33.8. The first-order valence-electron chi connectivity index (χ1n) is 8.50. The molecular formula is C16H36N4O5P+. The number of carboxylic acids is 1. The minimum Gasteiger partial charge on any atom is -0.480 e. The van der Waals surface area contributed by atoms with Gasteiger partial charge in [-0.3, -0.25) is 14.4 Å². The van der Waals surface area contributed by atoms with Gasteiger partial charge in [0.2, 0.25) is 11.8 Å². The van der Waals surface area contributed by atoms with Crippen LogP contribution in [0.4, 0.5) is 0 Å². The molecule has 0 aromatic rings. The normalized spacial score (nSPS) is 14.8. The molecule has 154 valence electrons. The summed E-state index contributed by atoms with van der Waals surface area (Å²) in [5.74, 6) is -2.08. The van der Waals surface area contributed by atoms with Gasteiger partial charge in [0.25, 0.3) is 0 Å². The molecule has 0 saturated heterocycles. The number of quaternary nitrogens is 1. The van der Waals surface area contributed by atoms with Gasteiger partial charge in [0.05, 0.1) is 33.8 Å². The minimum absolute atomic E-state index is 0.281. The van der Waals surface area contributed by atoms with Gasteiger partial charge in [-0.25, -0.2) is 0 Å². The molecule has 0 heterocycles. The molecule has 6 N–H and O–H groups in total. The average molecular weight is 395 g/mol. The average Bonchev–Trinajstić information content (AvgIpc) is 2.51. The Hall–Kier alpha value is -1.28. The van der Waals surface area contributed by atoms with E-state index in [0.29, 0.717) is 6.42 Å². The Morgan fingerprint density at radius 3 is 1.92 bits per heavy atom. The van der Waals surface area contributed by atoms with Crippen molar-refractivity contribution in [2.24, 2.45) is 5.73 Å². The van der Waals surface area contributed by atoms with Crippen LogP contribution in [0.2, 0.25) is 0 Å². The maximum Gasteiger partial charge on any atom is 0.325 e. The SMILES string of the molecule is CPCCC(N)C(=O)NC(C)C(=O)NC(C)C(=O)O.C[N+](C)(C)CCO. The third-order valence-corrected chi connectivity index (χ3v) is 4.08. The lowest BCUT2D eigenvalue weighted by Crippen LogP contribution is -2.52. The fraction of sp³-hybridized carbons (Fsp3) is 0.812. The Morgan fingerprint density at radius 2 is 1.58 bits per heavy atom. The number of nitrogens with two attached hydrogens (primary N) is 1. The number of hydrogen-bond acceptors (Lipinski definition) is 5. The van der Waals surface area contributed by atoms with Crippen LogP contribution in [0.3, 0.4) is 0 Å². The second kappa shape index (κ2) is 13.9. The summed E-state index contributed by atoms with van der Waals surface area (Å²) < 4.78 is 0.844. The summed E-state index contributed by atoms with van der Waals surface area (Å²) in [5.41, 5.74) is 5.67. The molecule has 0 aliphatic heterocycles. The van der Waals surface area contributed by atoms with E-state index in [1.165, 1.54) is 13.8 Å². The van der Waals surface area contributed by atoms with Gasteiger partial charge in [0, 0.05) is 0 Å². The fourth-order valence-electron chi connectivity index (χ4n) is 1.52. The molecule has 0 saturated carbocycles. The molecule has 0 bridgehead atoms. The van der Waals surface area contributed by atoms with Crippen molar-refractivity contribution in [2.75, 3.05) is 47.1 Å². The van der Waals surface area contributed by atoms with Crippen LogP contribution >= 0.6 is 8.58 Å². The first kappa shape index (κ1) is 26.9. The van der Waals surface area contributed by atoms with Crippen molar-refractivity contribution in [1.29, 1.82) is 0 Å². The number of amides is 2. The van der Waals surface area contributed by atoms with Crippen molar-refractivity contribution in [1.82, 2.24) is 10.6 Å². The van der Waals surface area contributed by atoms with E-state index in [4.69, 9.17) is 15.9 Å². The highest BCUT2D eigenvalue weighted by molar-refractivity contribution is 7.36. The molecule has 26 heavy (non-hydrogen) atoms. The van der Waals surface area contributed by atoms with Crippen molar-refractivity contribution in [2.45, 2.75) is 38.4 Å². The quantitative estimate of drug-likeness (QED) is 0.232. The van der Waals surface area contributed by atoms with E-state index >= 15 is 0 Å². The summed E-state index contributed by atoms with van der Waals surface area (Å²) in [6.45, 7) is 5.97. The number of likely N-dealkylation sites (N-methyl/N-ethyl adjacent to an activating group) is 1. The van der Waals surface area contributed by atoms with Crippen LogP contribution in [0.1, 0.15) is 20.3 Å². The third-order valence-electron chi connectivity index (χ3n) is 3.29. The molecule has 10 heteroatoms. The smallest absolute Gasteiger partial charge is 0.325 e. The molecule has 4 unspecified atom stereocenters. The predicted molar refractivity (Wildman–Crippen MR) is 105 cm³/mol. The van der Waals surface area contributed by atoms with Crippen molar-refractivity contribution in [3.05, 3.63) is 0 Å². The van der Waals surface area contributed by atoms with E-state index in [-0.39, 0.29) is 6.61 Å². The van der Waals surface area contributed by atoms with Gasteiger partial charge in [-0.2, -0.15) is 0 Å². The molecule has 0 aromatic carbocycles. The fourth-order valence-corrected chi connectivity index (χ4v) is 2.12. The van der Waals surface area contributed by atoms with Crippen molar-refractivity contribution < 1.29 is 29.1 Å². The maximum absolute atomic E-state index is 11.7. The number of aliphatic hydroxyl groups is 1. The number of aliphatic carboxylic acids is 1. The molecule has 0 radical (unpaired) electrons. The van der Waals surface area contributed by atoms with Crippen molar-refractivity contribution in [3.63, 3.8) is 0 Å². The lowest BCUT2D eigenvalue weighted by molar-refractivity contribution is -0.870. The molecule has 0 aliphatic carbocycles. The predicted octanol–water partition coefficient (Wildman–Crippen LogP) is -1.21. The Labute approximate surface area is 158 Å². The van der Waals surface area contributed by atoms with E-state index in [1.807, 2.05) is 6.66 Å². The Bertz CT molecular complexity index is 443. The van der Waals surface area contributed by atoms with Crippen LogP contribution in [0.15, 0.2) is 0 Å². The summed E-state index contributed by atoms with van der Waals surface area (Å²) in [6, 6.07) is -2.45. The van der Waals surface area contributed by atoms with Crippen molar-refractivity contribution in [3.8, 4) is 0 Å². The van der Waals surface area contributed by atoms with E-state index in [0.717, 1.165) is 25.8 Å². The van der Waals surface area contributed by atoms with Gasteiger partial charge < -0.3 is 31.1 Å². The summed E-state index contributed by atoms with van der Waals surface area (Å²) >= 11 is 0. The third kappa shape index (κ3) is 15.0. The molecule has 0 aromatic heterocycles. The van der Waals surface area contributed by atoms with Gasteiger partial charge in [-0.15, -0.1) is 8.58 Å². The van der Waals surface area contributed by atoms with E-state index in [9.17, 15) is 14.4 Å². The van der Waals surface area contributed by atoms with Gasteiger partial charge in [-0.1, -0.05) is 0 Å². The number of nitrogens with zero attached hydrogens (tertiary/aromatic N) is 1. The first-order chi connectivity index (χ1) is 11.9. The highest BCUT2D eigenvalue weighted by atomic mass is 31.1. The van der Waals surface area contributed by atoms with Crippen LogP contribution in [0.5, 0.6) is 0 Å². The minimum atomic E-state index is -1.13. The molecule has 2 amide bonds. The topological polar surface area (TPSA) is 142 Å². The van der Waals surface area contributed by atoms with Gasteiger partial charge in [0.1, 0.15) is 18.6 Å².